The summed E-state index contributed by atoms with van der Waals surface area (Å²) in [5, 5.41) is 11.0. The highest BCUT2D eigenvalue weighted by molar-refractivity contribution is 7.99. The lowest BCUT2D eigenvalue weighted by atomic mass is 10.2. The molecule has 0 aliphatic rings. The van der Waals surface area contributed by atoms with E-state index < -0.39 is 0 Å². The van der Waals surface area contributed by atoms with Crippen molar-refractivity contribution >= 4 is 23.6 Å². The fourth-order valence-electron chi connectivity index (χ4n) is 2.12. The van der Waals surface area contributed by atoms with Gasteiger partial charge in [-0.15, -0.1) is 10.2 Å². The second-order valence-electron chi connectivity index (χ2n) is 5.38. The largest absolute Gasteiger partial charge is 0.494 e. The highest BCUT2D eigenvalue weighted by Gasteiger charge is 2.11. The zero-order chi connectivity index (χ0) is 19.5. The van der Waals surface area contributed by atoms with E-state index in [1.807, 2.05) is 31.2 Å². The number of nitrogens with one attached hydrogen (secondary N) is 1. The van der Waals surface area contributed by atoms with Crippen molar-refractivity contribution in [1.29, 1.82) is 0 Å². The quantitative estimate of drug-likeness (QED) is 0.353. The molecule has 1 aromatic carbocycles. The smallest absolute Gasteiger partial charge is 0.305 e. The normalized spacial score (nSPS) is 10.4. The van der Waals surface area contributed by atoms with Crippen LogP contribution in [-0.4, -0.2) is 47.6 Å². The number of aromatic nitrogens is 2. The van der Waals surface area contributed by atoms with Gasteiger partial charge in [-0.05, 0) is 44.5 Å². The molecule has 0 bridgehead atoms. The van der Waals surface area contributed by atoms with Gasteiger partial charge in [0.25, 0.3) is 5.22 Å². The Labute approximate surface area is 162 Å². The van der Waals surface area contributed by atoms with E-state index in [9.17, 15) is 9.59 Å². The Morgan fingerprint density at radius 3 is 2.63 bits per heavy atom. The molecule has 0 saturated heterocycles. The average molecular weight is 393 g/mol. The molecular weight excluding hydrogens is 370 g/mol. The van der Waals surface area contributed by atoms with Gasteiger partial charge in [0.05, 0.1) is 19.0 Å². The van der Waals surface area contributed by atoms with Gasteiger partial charge in [0.15, 0.2) is 0 Å². The van der Waals surface area contributed by atoms with Crippen LogP contribution in [0.4, 0.5) is 0 Å². The van der Waals surface area contributed by atoms with Crippen LogP contribution in [0, 0.1) is 0 Å². The summed E-state index contributed by atoms with van der Waals surface area (Å²) in [6.45, 7) is 5.07. The summed E-state index contributed by atoms with van der Waals surface area (Å²) in [5.74, 6) is 0.897. The van der Waals surface area contributed by atoms with Crippen LogP contribution in [0.1, 0.15) is 26.7 Å². The minimum atomic E-state index is -0.256. The molecule has 1 aromatic heterocycles. The SMILES string of the molecule is CCOC(=O)CCCNC(=O)CSc1nnc(-c2ccc(OCC)cc2)o1. The second kappa shape index (κ2) is 11.2. The van der Waals surface area contributed by atoms with E-state index in [0.717, 1.165) is 23.1 Å². The van der Waals surface area contributed by atoms with Gasteiger partial charge >= 0.3 is 5.97 Å². The van der Waals surface area contributed by atoms with Crippen LogP contribution in [-0.2, 0) is 14.3 Å². The van der Waals surface area contributed by atoms with Crippen molar-refractivity contribution in [3.8, 4) is 17.2 Å². The lowest BCUT2D eigenvalue weighted by molar-refractivity contribution is -0.143. The number of hydrogen-bond donors (Lipinski definition) is 1. The Balaban J connectivity index is 1.72. The molecule has 0 spiro atoms. The maximum atomic E-state index is 11.8. The van der Waals surface area contributed by atoms with Gasteiger partial charge in [-0.25, -0.2) is 0 Å². The van der Waals surface area contributed by atoms with E-state index in [1.165, 1.54) is 0 Å². The van der Waals surface area contributed by atoms with E-state index in [1.54, 1.807) is 6.92 Å². The van der Waals surface area contributed by atoms with Gasteiger partial charge in [-0.3, -0.25) is 9.59 Å². The number of carbonyl (C=O) groups is 2. The number of ether oxygens (including phenoxy) is 2. The van der Waals surface area contributed by atoms with Crippen molar-refractivity contribution < 1.29 is 23.5 Å². The summed E-state index contributed by atoms with van der Waals surface area (Å²) in [7, 11) is 0. The van der Waals surface area contributed by atoms with E-state index in [0.29, 0.717) is 37.3 Å². The number of amides is 1. The van der Waals surface area contributed by atoms with Crippen LogP contribution < -0.4 is 10.1 Å². The summed E-state index contributed by atoms with van der Waals surface area (Å²) < 4.78 is 15.8. The van der Waals surface area contributed by atoms with Crippen molar-refractivity contribution in [3.05, 3.63) is 24.3 Å². The Kier molecular flexibility index (Phi) is 8.63. The van der Waals surface area contributed by atoms with Crippen LogP contribution in [0.15, 0.2) is 33.9 Å². The number of nitrogens with zero attached hydrogens (tertiary/aromatic N) is 2. The monoisotopic (exact) mass is 393 g/mol. The predicted molar refractivity (Wildman–Crippen MR) is 101 cm³/mol. The van der Waals surface area contributed by atoms with E-state index in [-0.39, 0.29) is 24.1 Å². The Morgan fingerprint density at radius 2 is 1.93 bits per heavy atom. The third kappa shape index (κ3) is 7.30. The summed E-state index contributed by atoms with van der Waals surface area (Å²) in [5.41, 5.74) is 0.779. The number of benzene rings is 1. The van der Waals surface area contributed by atoms with Crippen LogP contribution in [0.5, 0.6) is 5.75 Å². The summed E-state index contributed by atoms with van der Waals surface area (Å²) in [4.78, 5) is 23.0. The molecule has 0 unspecified atom stereocenters. The van der Waals surface area contributed by atoms with Crippen LogP contribution in [0.3, 0.4) is 0 Å². The van der Waals surface area contributed by atoms with E-state index in [4.69, 9.17) is 13.9 Å². The molecule has 146 valence electrons. The van der Waals surface area contributed by atoms with Crippen molar-refractivity contribution in [3.63, 3.8) is 0 Å². The first kappa shape index (κ1) is 20.8. The van der Waals surface area contributed by atoms with Gasteiger partial charge in [-0.1, -0.05) is 11.8 Å². The fraction of sp³-hybridized carbons (Fsp3) is 0.444. The molecule has 2 rings (SSSR count). The minimum Gasteiger partial charge on any atom is -0.494 e. The highest BCUT2D eigenvalue weighted by atomic mass is 32.2. The molecule has 0 aliphatic carbocycles. The fourth-order valence-corrected chi connectivity index (χ4v) is 2.71. The molecule has 8 nitrogen and oxygen atoms in total. The zero-order valence-electron chi connectivity index (χ0n) is 15.4. The molecule has 0 aliphatic heterocycles. The molecule has 1 heterocycles. The second-order valence-corrected chi connectivity index (χ2v) is 6.30. The average Bonchev–Trinajstić information content (AvgIpc) is 3.14. The molecule has 9 heteroatoms. The van der Waals surface area contributed by atoms with E-state index in [2.05, 4.69) is 15.5 Å². The topological polar surface area (TPSA) is 104 Å². The van der Waals surface area contributed by atoms with E-state index >= 15 is 0 Å². The zero-order valence-corrected chi connectivity index (χ0v) is 16.2. The Bertz CT molecular complexity index is 733. The third-order valence-corrected chi connectivity index (χ3v) is 4.15. The number of carbonyl (C=O) groups excluding carboxylic acids is 2. The number of thioether (sulfide) groups is 1. The standard InChI is InChI=1S/C18H23N3O5S/c1-3-24-14-9-7-13(8-10-14)17-20-21-18(26-17)27-12-15(22)19-11-5-6-16(23)25-4-2/h7-10H,3-6,11-12H2,1-2H3,(H,19,22). The minimum absolute atomic E-state index is 0.157. The summed E-state index contributed by atoms with van der Waals surface area (Å²) in [6.07, 6.45) is 0.827. The van der Waals surface area contributed by atoms with Gasteiger partial charge in [0.1, 0.15) is 5.75 Å². The first-order chi connectivity index (χ1) is 13.1. The molecule has 0 saturated carbocycles. The van der Waals surface area contributed by atoms with Crippen LogP contribution in [0.2, 0.25) is 0 Å². The molecule has 27 heavy (non-hydrogen) atoms. The van der Waals surface area contributed by atoms with Crippen LogP contribution >= 0.6 is 11.8 Å². The molecule has 1 amide bonds. The lowest BCUT2D eigenvalue weighted by Gasteiger charge is -2.04. The van der Waals surface area contributed by atoms with Crippen molar-refractivity contribution in [1.82, 2.24) is 15.5 Å². The molecule has 0 radical (unpaired) electrons. The summed E-state index contributed by atoms with van der Waals surface area (Å²) in [6, 6.07) is 7.34. The molecule has 0 fully saturated rings. The number of rotatable bonds is 11. The lowest BCUT2D eigenvalue weighted by Crippen LogP contribution is -2.26. The van der Waals surface area contributed by atoms with Gasteiger partial charge in [0.2, 0.25) is 11.8 Å². The van der Waals surface area contributed by atoms with Gasteiger partial charge in [0, 0.05) is 18.5 Å². The number of esters is 1. The summed E-state index contributed by atoms with van der Waals surface area (Å²) >= 11 is 1.16. The van der Waals surface area contributed by atoms with Crippen molar-refractivity contribution in [2.24, 2.45) is 0 Å². The highest BCUT2D eigenvalue weighted by Crippen LogP contribution is 2.24. The molecular formula is C18H23N3O5S. The Hall–Kier alpha value is -2.55. The van der Waals surface area contributed by atoms with Crippen LogP contribution in [0.25, 0.3) is 11.5 Å². The van der Waals surface area contributed by atoms with Crippen molar-refractivity contribution in [2.75, 3.05) is 25.5 Å². The number of hydrogen-bond acceptors (Lipinski definition) is 8. The van der Waals surface area contributed by atoms with Gasteiger partial charge in [-0.2, -0.15) is 0 Å². The van der Waals surface area contributed by atoms with Crippen molar-refractivity contribution in [2.45, 2.75) is 31.9 Å². The predicted octanol–water partition coefficient (Wildman–Crippen LogP) is 2.69. The molecule has 0 atom stereocenters. The molecule has 2 aromatic rings. The molecule has 1 N–H and O–H groups in total. The maximum absolute atomic E-state index is 11.8. The first-order valence-corrected chi connectivity index (χ1v) is 9.72. The third-order valence-electron chi connectivity index (χ3n) is 3.33. The Morgan fingerprint density at radius 1 is 1.15 bits per heavy atom. The van der Waals surface area contributed by atoms with Gasteiger partial charge < -0.3 is 19.2 Å². The first-order valence-electron chi connectivity index (χ1n) is 8.74. The maximum Gasteiger partial charge on any atom is 0.305 e.